The highest BCUT2D eigenvalue weighted by molar-refractivity contribution is 14.1. The zero-order chi connectivity index (χ0) is 17.8. The first-order valence-corrected chi connectivity index (χ1v) is 8.77. The van der Waals surface area contributed by atoms with Crippen LogP contribution in [0, 0.1) is 3.57 Å². The summed E-state index contributed by atoms with van der Waals surface area (Å²) in [6.07, 6.45) is 1.45. The predicted molar refractivity (Wildman–Crippen MR) is 103 cm³/mol. The van der Waals surface area contributed by atoms with Gasteiger partial charge in [-0.15, -0.1) is 0 Å². The highest BCUT2D eigenvalue weighted by Crippen LogP contribution is 2.27. The molecule has 0 radical (unpaired) electrons. The molecule has 0 atom stereocenters. The first-order chi connectivity index (χ1) is 12.1. The number of carbonyl (C=O) groups is 1. The molecular weight excluding hydrogens is 435 g/mol. The van der Waals surface area contributed by atoms with Crippen LogP contribution in [0.5, 0.6) is 5.75 Å². The molecular formula is C19H15IO5. The van der Waals surface area contributed by atoms with Crippen molar-refractivity contribution in [3.05, 3.63) is 62.5 Å². The van der Waals surface area contributed by atoms with Gasteiger partial charge in [0.25, 0.3) is 0 Å². The van der Waals surface area contributed by atoms with E-state index >= 15 is 0 Å². The fourth-order valence-electron chi connectivity index (χ4n) is 2.43. The number of hydrogen-bond acceptors (Lipinski definition) is 5. The molecule has 0 aliphatic rings. The van der Waals surface area contributed by atoms with E-state index < -0.39 is 5.97 Å². The van der Waals surface area contributed by atoms with Gasteiger partial charge >= 0.3 is 5.97 Å². The Morgan fingerprint density at radius 2 is 1.96 bits per heavy atom. The molecule has 5 nitrogen and oxygen atoms in total. The summed E-state index contributed by atoms with van der Waals surface area (Å²) in [5.74, 6) is -0.000882. The van der Waals surface area contributed by atoms with Crippen molar-refractivity contribution in [1.29, 1.82) is 0 Å². The van der Waals surface area contributed by atoms with Crippen LogP contribution in [0.1, 0.15) is 6.92 Å². The largest absolute Gasteiger partial charge is 0.482 e. The van der Waals surface area contributed by atoms with Crippen LogP contribution >= 0.6 is 22.6 Å². The molecule has 0 bridgehead atoms. The van der Waals surface area contributed by atoms with Gasteiger partial charge in [0.2, 0.25) is 5.43 Å². The Kier molecular flexibility index (Phi) is 5.37. The van der Waals surface area contributed by atoms with Gasteiger partial charge in [0.1, 0.15) is 17.6 Å². The number of halogens is 1. The number of carbonyl (C=O) groups excluding carboxylic acids is 1. The van der Waals surface area contributed by atoms with Crippen molar-refractivity contribution in [2.45, 2.75) is 6.92 Å². The molecule has 0 N–H and O–H groups in total. The van der Waals surface area contributed by atoms with Gasteiger partial charge in [-0.2, -0.15) is 0 Å². The van der Waals surface area contributed by atoms with E-state index in [1.54, 1.807) is 19.1 Å². The summed E-state index contributed by atoms with van der Waals surface area (Å²) in [5.41, 5.74) is 1.62. The maximum absolute atomic E-state index is 12.8. The maximum Gasteiger partial charge on any atom is 0.344 e. The molecule has 0 saturated heterocycles. The van der Waals surface area contributed by atoms with E-state index in [9.17, 15) is 9.59 Å². The number of rotatable bonds is 5. The number of ether oxygens (including phenoxy) is 2. The lowest BCUT2D eigenvalue weighted by atomic mass is 10.1. The average Bonchev–Trinajstić information content (AvgIpc) is 2.61. The summed E-state index contributed by atoms with van der Waals surface area (Å²) in [6.45, 7) is 1.84. The Labute approximate surface area is 157 Å². The molecule has 2 aromatic carbocycles. The topological polar surface area (TPSA) is 65.7 Å². The molecule has 1 aromatic heterocycles. The summed E-state index contributed by atoms with van der Waals surface area (Å²) in [5, 5.41) is 0.491. The van der Waals surface area contributed by atoms with Gasteiger partial charge in [0, 0.05) is 9.64 Å². The van der Waals surface area contributed by atoms with Crippen LogP contribution in [0.4, 0.5) is 0 Å². The number of fused-ring (bicyclic) bond motifs is 1. The second kappa shape index (κ2) is 7.69. The van der Waals surface area contributed by atoms with E-state index in [0.717, 1.165) is 5.56 Å². The van der Waals surface area contributed by atoms with Crippen molar-refractivity contribution in [3.8, 4) is 16.9 Å². The summed E-state index contributed by atoms with van der Waals surface area (Å²) in [7, 11) is 0. The van der Waals surface area contributed by atoms with Gasteiger partial charge in [-0.1, -0.05) is 30.3 Å². The smallest absolute Gasteiger partial charge is 0.344 e. The van der Waals surface area contributed by atoms with Crippen molar-refractivity contribution in [3.63, 3.8) is 0 Å². The molecule has 0 amide bonds. The maximum atomic E-state index is 12.8. The molecule has 6 heteroatoms. The zero-order valence-electron chi connectivity index (χ0n) is 13.5. The van der Waals surface area contributed by atoms with Gasteiger partial charge in [0.15, 0.2) is 6.61 Å². The quantitative estimate of drug-likeness (QED) is 0.434. The van der Waals surface area contributed by atoms with Gasteiger partial charge < -0.3 is 13.9 Å². The lowest BCUT2D eigenvalue weighted by Crippen LogP contribution is -2.14. The minimum Gasteiger partial charge on any atom is -0.482 e. The molecule has 0 saturated carbocycles. The monoisotopic (exact) mass is 450 g/mol. The number of benzene rings is 2. The van der Waals surface area contributed by atoms with Gasteiger partial charge in [0.05, 0.1) is 17.6 Å². The molecule has 0 spiro atoms. The first kappa shape index (κ1) is 17.5. The van der Waals surface area contributed by atoms with Crippen molar-refractivity contribution in [1.82, 2.24) is 0 Å². The van der Waals surface area contributed by atoms with Gasteiger partial charge in [-0.05, 0) is 41.1 Å². The van der Waals surface area contributed by atoms with Crippen LogP contribution in [0.3, 0.4) is 0 Å². The Balaban J connectivity index is 1.98. The van der Waals surface area contributed by atoms with Crippen molar-refractivity contribution < 1.29 is 18.7 Å². The van der Waals surface area contributed by atoms with Gasteiger partial charge in [-0.25, -0.2) is 4.79 Å². The normalized spacial score (nSPS) is 10.6. The molecule has 0 aliphatic carbocycles. The second-order valence-electron chi connectivity index (χ2n) is 5.22. The van der Waals surface area contributed by atoms with E-state index in [4.69, 9.17) is 13.9 Å². The second-order valence-corrected chi connectivity index (χ2v) is 6.38. The number of esters is 1. The fraction of sp³-hybridized carbons (Fsp3) is 0.158. The Hall–Kier alpha value is -2.35. The molecule has 3 rings (SSSR count). The van der Waals surface area contributed by atoms with E-state index in [2.05, 4.69) is 22.6 Å². The minimum absolute atomic E-state index is 0.103. The van der Waals surface area contributed by atoms with Crippen molar-refractivity contribution in [2.75, 3.05) is 13.2 Å². The van der Waals surface area contributed by atoms with E-state index in [-0.39, 0.29) is 12.0 Å². The Morgan fingerprint density at radius 3 is 2.68 bits per heavy atom. The number of hydrogen-bond donors (Lipinski definition) is 0. The predicted octanol–water partition coefficient (Wildman–Crippen LogP) is 4.01. The molecule has 25 heavy (non-hydrogen) atoms. The fourth-order valence-corrected chi connectivity index (χ4v) is 3.24. The SMILES string of the molecule is CCOC(=O)COc1cc(I)c2c(=O)c(-c3ccccc3)coc2c1. The van der Waals surface area contributed by atoms with E-state index in [1.165, 1.54) is 6.26 Å². The van der Waals surface area contributed by atoms with E-state index in [1.807, 2.05) is 30.3 Å². The first-order valence-electron chi connectivity index (χ1n) is 7.69. The van der Waals surface area contributed by atoms with Crippen LogP contribution in [-0.4, -0.2) is 19.2 Å². The standard InChI is InChI=1S/C19H15IO5/c1-2-23-17(21)11-24-13-8-15(20)18-16(9-13)25-10-14(19(18)22)12-6-4-3-5-7-12/h3-10H,2,11H2,1H3. The summed E-state index contributed by atoms with van der Waals surface area (Å²) in [6, 6.07) is 12.7. The highest BCUT2D eigenvalue weighted by Gasteiger charge is 2.14. The molecule has 0 unspecified atom stereocenters. The van der Waals surface area contributed by atoms with E-state index in [0.29, 0.717) is 32.5 Å². The van der Waals surface area contributed by atoms with Crippen LogP contribution < -0.4 is 10.2 Å². The Bertz CT molecular complexity index is 963. The summed E-state index contributed by atoms with van der Waals surface area (Å²) >= 11 is 2.06. The van der Waals surface area contributed by atoms with Crippen molar-refractivity contribution in [2.24, 2.45) is 0 Å². The van der Waals surface area contributed by atoms with Crippen LogP contribution in [-0.2, 0) is 9.53 Å². The zero-order valence-corrected chi connectivity index (χ0v) is 15.6. The minimum atomic E-state index is -0.446. The van der Waals surface area contributed by atoms with Gasteiger partial charge in [-0.3, -0.25) is 4.79 Å². The Morgan fingerprint density at radius 1 is 1.20 bits per heavy atom. The third-order valence-electron chi connectivity index (χ3n) is 3.55. The van der Waals surface area contributed by atoms with Crippen LogP contribution in [0.2, 0.25) is 0 Å². The molecule has 0 fully saturated rings. The average molecular weight is 450 g/mol. The molecule has 128 valence electrons. The lowest BCUT2D eigenvalue weighted by Gasteiger charge is -2.09. The highest BCUT2D eigenvalue weighted by atomic mass is 127. The molecule has 3 aromatic rings. The lowest BCUT2D eigenvalue weighted by molar-refractivity contribution is -0.145. The van der Waals surface area contributed by atoms with Crippen molar-refractivity contribution >= 4 is 39.5 Å². The van der Waals surface area contributed by atoms with Crippen LogP contribution in [0.15, 0.2) is 57.9 Å². The summed E-state index contributed by atoms with van der Waals surface area (Å²) < 4.78 is 16.6. The summed E-state index contributed by atoms with van der Waals surface area (Å²) in [4.78, 5) is 24.2. The molecule has 1 heterocycles. The third-order valence-corrected chi connectivity index (χ3v) is 4.40. The van der Waals surface area contributed by atoms with Crippen LogP contribution in [0.25, 0.3) is 22.1 Å². The molecule has 0 aliphatic heterocycles. The third kappa shape index (κ3) is 3.84.